The van der Waals surface area contributed by atoms with Crippen LogP contribution in [0.5, 0.6) is 0 Å². The Morgan fingerprint density at radius 2 is 0.969 bits per heavy atom. The van der Waals surface area contributed by atoms with Gasteiger partial charge in [-0.1, -0.05) is 49.2 Å². The van der Waals surface area contributed by atoms with Gasteiger partial charge in [0.25, 0.3) is 0 Å². The van der Waals surface area contributed by atoms with Gasteiger partial charge in [-0.2, -0.15) is 0 Å². The SMILES string of the molecule is Cc1cc2cc(c1)C(C)(C)c1cc(C)cc(c1)-c1cccc(n1)C(C)(C)c1cccc-2n1. The third kappa shape index (κ3) is 3.35. The average molecular weight is 419 g/mol. The van der Waals surface area contributed by atoms with Gasteiger partial charge in [-0.3, -0.25) is 9.97 Å². The minimum absolute atomic E-state index is 0.153. The van der Waals surface area contributed by atoms with Crippen LogP contribution in [0.2, 0.25) is 0 Å². The summed E-state index contributed by atoms with van der Waals surface area (Å²) in [5, 5.41) is 0. The number of hydrogen-bond donors (Lipinski definition) is 0. The lowest BCUT2D eigenvalue weighted by Crippen LogP contribution is -2.23. The predicted octanol–water partition coefficient (Wildman–Crippen LogP) is 7.39. The van der Waals surface area contributed by atoms with Crippen LogP contribution in [0.3, 0.4) is 0 Å². The molecule has 5 rings (SSSR count). The first-order valence-corrected chi connectivity index (χ1v) is 11.3. The van der Waals surface area contributed by atoms with Crippen molar-refractivity contribution in [1.29, 1.82) is 0 Å². The van der Waals surface area contributed by atoms with E-state index in [0.29, 0.717) is 0 Å². The molecule has 0 unspecified atom stereocenters. The first-order chi connectivity index (χ1) is 15.1. The minimum atomic E-state index is -0.311. The number of rotatable bonds is 0. The smallest absolute Gasteiger partial charge is 0.0705 e. The van der Waals surface area contributed by atoms with Gasteiger partial charge in [-0.25, -0.2) is 0 Å². The second-order valence-corrected chi connectivity index (χ2v) is 10.2. The lowest BCUT2D eigenvalue weighted by atomic mass is 9.75. The van der Waals surface area contributed by atoms with E-state index in [9.17, 15) is 0 Å². The minimum Gasteiger partial charge on any atom is -0.252 e. The molecule has 0 amide bonds. The number of pyridine rings is 2. The first-order valence-electron chi connectivity index (χ1n) is 11.3. The van der Waals surface area contributed by atoms with Gasteiger partial charge in [0, 0.05) is 22.0 Å². The summed E-state index contributed by atoms with van der Waals surface area (Å²) in [5.41, 5.74) is 11.1. The van der Waals surface area contributed by atoms with E-state index in [0.717, 1.165) is 33.9 Å². The van der Waals surface area contributed by atoms with E-state index in [2.05, 4.69) is 114 Å². The lowest BCUT2D eigenvalue weighted by Gasteiger charge is -2.29. The zero-order valence-corrected chi connectivity index (χ0v) is 19.8. The van der Waals surface area contributed by atoms with Crippen LogP contribution in [0.1, 0.15) is 61.3 Å². The summed E-state index contributed by atoms with van der Waals surface area (Å²) in [6.45, 7) is 13.4. The van der Waals surface area contributed by atoms with E-state index in [1.807, 2.05) is 0 Å². The third-order valence-corrected chi connectivity index (χ3v) is 6.97. The molecule has 8 bridgehead atoms. The highest BCUT2D eigenvalue weighted by atomic mass is 14.8. The molecule has 4 aromatic rings. The summed E-state index contributed by atoms with van der Waals surface area (Å²) in [5.74, 6) is 0. The number of fused-ring (bicyclic) bond motifs is 10. The van der Waals surface area contributed by atoms with Gasteiger partial charge in [-0.15, -0.1) is 0 Å². The largest absolute Gasteiger partial charge is 0.252 e. The molecule has 0 fully saturated rings. The molecule has 0 saturated carbocycles. The number of nitrogens with zero attached hydrogens (tertiary/aromatic N) is 2. The van der Waals surface area contributed by atoms with Gasteiger partial charge in [0.15, 0.2) is 0 Å². The standard InChI is InChI=1S/C30H30N2/c1-19-13-21-17-23(15-19)29(3,4)24-16-20(2)14-22(18-24)26-10-8-12-28(32-26)30(5,6)27-11-7-9-25(21)31-27/h7-18H,1-6H3. The van der Waals surface area contributed by atoms with E-state index in [1.54, 1.807) is 0 Å². The molecule has 2 heteroatoms. The quantitative estimate of drug-likeness (QED) is 0.297. The summed E-state index contributed by atoms with van der Waals surface area (Å²) < 4.78 is 0. The van der Waals surface area contributed by atoms with Crippen LogP contribution < -0.4 is 0 Å². The topological polar surface area (TPSA) is 25.8 Å². The summed E-state index contributed by atoms with van der Waals surface area (Å²) in [6.07, 6.45) is 0. The van der Waals surface area contributed by atoms with Crippen molar-refractivity contribution in [1.82, 2.24) is 9.97 Å². The molecule has 160 valence electrons. The lowest BCUT2D eigenvalue weighted by molar-refractivity contribution is 0.596. The summed E-state index contributed by atoms with van der Waals surface area (Å²) in [7, 11) is 0. The Kier molecular flexibility index (Phi) is 4.60. The van der Waals surface area contributed by atoms with Crippen LogP contribution in [-0.4, -0.2) is 9.97 Å². The number of hydrogen-bond acceptors (Lipinski definition) is 2. The Labute approximate surface area is 191 Å². The third-order valence-electron chi connectivity index (χ3n) is 6.97. The highest BCUT2D eigenvalue weighted by molar-refractivity contribution is 5.66. The summed E-state index contributed by atoms with van der Waals surface area (Å²) in [4.78, 5) is 10.3. The maximum atomic E-state index is 5.13. The van der Waals surface area contributed by atoms with E-state index in [4.69, 9.17) is 9.97 Å². The fourth-order valence-corrected chi connectivity index (χ4v) is 4.77. The van der Waals surface area contributed by atoms with Crippen molar-refractivity contribution >= 4 is 0 Å². The Morgan fingerprint density at radius 1 is 0.531 bits per heavy atom. The molecule has 0 aliphatic carbocycles. The van der Waals surface area contributed by atoms with E-state index < -0.39 is 0 Å². The van der Waals surface area contributed by atoms with Crippen LogP contribution in [0, 0.1) is 13.8 Å². The average Bonchev–Trinajstić information content (AvgIpc) is 2.78. The molecule has 0 radical (unpaired) electrons. The Balaban J connectivity index is 1.89. The van der Waals surface area contributed by atoms with Crippen molar-refractivity contribution in [2.45, 2.75) is 52.4 Å². The van der Waals surface area contributed by atoms with Gasteiger partial charge in [0.1, 0.15) is 0 Å². The highest BCUT2D eigenvalue weighted by Crippen LogP contribution is 2.38. The maximum Gasteiger partial charge on any atom is 0.0705 e. The molecule has 3 heterocycles. The Morgan fingerprint density at radius 3 is 1.41 bits per heavy atom. The van der Waals surface area contributed by atoms with E-state index >= 15 is 0 Å². The predicted molar refractivity (Wildman–Crippen MR) is 133 cm³/mol. The molecule has 0 saturated heterocycles. The number of aromatic nitrogens is 2. The zero-order valence-electron chi connectivity index (χ0n) is 19.8. The van der Waals surface area contributed by atoms with Crippen molar-refractivity contribution in [2.24, 2.45) is 0 Å². The monoisotopic (exact) mass is 418 g/mol. The molecular formula is C30H30N2. The van der Waals surface area contributed by atoms with Crippen molar-refractivity contribution in [3.8, 4) is 22.5 Å². The van der Waals surface area contributed by atoms with Gasteiger partial charge in [-0.05, 0) is 87.4 Å². The van der Waals surface area contributed by atoms with Gasteiger partial charge in [0.05, 0.1) is 22.8 Å². The maximum absolute atomic E-state index is 5.13. The Hall–Kier alpha value is -3.26. The van der Waals surface area contributed by atoms with Crippen molar-refractivity contribution in [3.63, 3.8) is 0 Å². The van der Waals surface area contributed by atoms with Gasteiger partial charge >= 0.3 is 0 Å². The van der Waals surface area contributed by atoms with Crippen molar-refractivity contribution in [2.75, 3.05) is 0 Å². The van der Waals surface area contributed by atoms with Gasteiger partial charge < -0.3 is 0 Å². The molecule has 2 nitrogen and oxygen atoms in total. The molecule has 0 spiro atoms. The summed E-state index contributed by atoms with van der Waals surface area (Å²) >= 11 is 0. The summed E-state index contributed by atoms with van der Waals surface area (Å²) in [6, 6.07) is 26.4. The van der Waals surface area contributed by atoms with Crippen molar-refractivity contribution < 1.29 is 0 Å². The molecule has 1 aliphatic heterocycles. The molecule has 0 atom stereocenters. The highest BCUT2D eigenvalue weighted by Gasteiger charge is 2.29. The molecule has 2 aromatic heterocycles. The zero-order chi connectivity index (χ0) is 22.7. The molecule has 1 aliphatic rings. The van der Waals surface area contributed by atoms with E-state index in [-0.39, 0.29) is 10.8 Å². The normalized spacial score (nSPS) is 15.7. The Bertz CT molecular complexity index is 1240. The first kappa shape index (κ1) is 20.6. The van der Waals surface area contributed by atoms with Crippen LogP contribution >= 0.6 is 0 Å². The van der Waals surface area contributed by atoms with Crippen LogP contribution in [0.25, 0.3) is 22.5 Å². The second kappa shape index (κ2) is 7.13. The van der Waals surface area contributed by atoms with Gasteiger partial charge in [0.2, 0.25) is 0 Å². The number of aryl methyl sites for hydroxylation is 2. The van der Waals surface area contributed by atoms with Crippen LogP contribution in [-0.2, 0) is 10.8 Å². The molecule has 0 N–H and O–H groups in total. The molecule has 2 aromatic carbocycles. The fraction of sp³-hybridized carbons (Fsp3) is 0.267. The second-order valence-electron chi connectivity index (χ2n) is 10.2. The molecule has 32 heavy (non-hydrogen) atoms. The van der Waals surface area contributed by atoms with Crippen LogP contribution in [0.15, 0.2) is 72.8 Å². The molecular weight excluding hydrogens is 388 g/mol. The fourth-order valence-electron chi connectivity index (χ4n) is 4.77. The van der Waals surface area contributed by atoms with E-state index in [1.165, 1.54) is 22.3 Å². The number of benzene rings is 2. The van der Waals surface area contributed by atoms with Crippen molar-refractivity contribution in [3.05, 3.63) is 106 Å². The van der Waals surface area contributed by atoms with Crippen LogP contribution in [0.4, 0.5) is 0 Å².